The summed E-state index contributed by atoms with van der Waals surface area (Å²) >= 11 is 0. The number of rotatable bonds is 4. The highest BCUT2D eigenvalue weighted by atomic mass is 16.7. The Balaban J connectivity index is 2.13. The maximum atomic E-state index is 12.0. The number of carbonyl (C=O) groups excluding carboxylic acids is 2. The van der Waals surface area contributed by atoms with Crippen LogP contribution in [0.4, 0.5) is 0 Å². The van der Waals surface area contributed by atoms with Crippen LogP contribution in [0.5, 0.6) is 11.5 Å². The monoisotopic (exact) mass is 301 g/mol. The zero-order valence-electron chi connectivity index (χ0n) is 12.5. The Morgan fingerprint density at radius 1 is 1.09 bits per heavy atom. The van der Waals surface area contributed by atoms with Gasteiger partial charge in [0.25, 0.3) is 0 Å². The van der Waals surface area contributed by atoms with E-state index in [9.17, 15) is 9.59 Å². The minimum atomic E-state index is -0.634. The first-order valence-corrected chi connectivity index (χ1v) is 6.47. The van der Waals surface area contributed by atoms with Crippen LogP contribution in [0.25, 0.3) is 0 Å². The van der Waals surface area contributed by atoms with Gasteiger partial charge in [-0.05, 0) is 48.9 Å². The smallest absolute Gasteiger partial charge is 0.365 e. The van der Waals surface area contributed by atoms with Crippen molar-refractivity contribution in [1.29, 1.82) is 0 Å². The van der Waals surface area contributed by atoms with Gasteiger partial charge >= 0.3 is 5.97 Å². The third-order valence-electron chi connectivity index (χ3n) is 3.01. The molecule has 0 aliphatic heterocycles. The van der Waals surface area contributed by atoms with Crippen molar-refractivity contribution in [2.75, 3.05) is 14.2 Å². The van der Waals surface area contributed by atoms with Crippen LogP contribution in [0.2, 0.25) is 0 Å². The Hall–Kier alpha value is -2.89. The lowest BCUT2D eigenvalue weighted by atomic mass is 10.1. The first-order chi connectivity index (χ1) is 10.5. The average molecular weight is 301 g/mol. The molecule has 0 spiro atoms. The van der Waals surface area contributed by atoms with E-state index in [0.29, 0.717) is 22.8 Å². The summed E-state index contributed by atoms with van der Waals surface area (Å²) in [4.78, 5) is 28.1. The van der Waals surface area contributed by atoms with Gasteiger partial charge in [-0.1, -0.05) is 5.16 Å². The molecule has 6 heteroatoms. The number of hydrogen-bond acceptors (Lipinski definition) is 6. The van der Waals surface area contributed by atoms with Crippen LogP contribution >= 0.6 is 0 Å². The highest BCUT2D eigenvalue weighted by molar-refractivity contribution is 6.18. The zero-order chi connectivity index (χ0) is 16.1. The van der Waals surface area contributed by atoms with E-state index in [-0.39, 0.29) is 11.3 Å². The van der Waals surface area contributed by atoms with Gasteiger partial charge in [-0.2, -0.15) is 0 Å². The molecule has 0 heterocycles. The zero-order valence-corrected chi connectivity index (χ0v) is 12.5. The summed E-state index contributed by atoms with van der Waals surface area (Å²) in [7, 11) is 2.98. The summed E-state index contributed by atoms with van der Waals surface area (Å²) < 4.78 is 10.2. The van der Waals surface area contributed by atoms with E-state index in [1.54, 1.807) is 25.1 Å². The fraction of sp³-hybridized carbons (Fsp3) is 0.188. The number of allylic oxidation sites excluding steroid dienone is 4. The largest absolute Gasteiger partial charge is 0.493 e. The molecule has 1 aromatic carbocycles. The third-order valence-corrected chi connectivity index (χ3v) is 3.01. The molecule has 0 aromatic heterocycles. The number of hydrogen-bond donors (Lipinski definition) is 0. The van der Waals surface area contributed by atoms with Gasteiger partial charge in [-0.3, -0.25) is 4.79 Å². The van der Waals surface area contributed by atoms with Crippen LogP contribution in [-0.4, -0.2) is 31.7 Å². The maximum Gasteiger partial charge on any atom is 0.365 e. The van der Waals surface area contributed by atoms with E-state index in [1.807, 2.05) is 0 Å². The standard InChI is InChI=1S/C16H15NO5/c1-10-8-12(5-6-13(10)18)17-22-16(19)11-4-7-14(20-2)15(9-11)21-3/h4-9H,1-3H3/b17-12-. The van der Waals surface area contributed by atoms with Crippen molar-refractivity contribution in [3.8, 4) is 11.5 Å². The van der Waals surface area contributed by atoms with E-state index >= 15 is 0 Å². The van der Waals surface area contributed by atoms with E-state index in [2.05, 4.69) is 5.16 Å². The molecule has 0 amide bonds. The maximum absolute atomic E-state index is 12.0. The van der Waals surface area contributed by atoms with Gasteiger partial charge in [-0.15, -0.1) is 0 Å². The molecule has 1 aliphatic rings. The van der Waals surface area contributed by atoms with Crippen LogP contribution in [0, 0.1) is 0 Å². The van der Waals surface area contributed by atoms with Gasteiger partial charge in [-0.25, -0.2) is 4.79 Å². The Bertz CT molecular complexity index is 700. The minimum absolute atomic E-state index is 0.0924. The second-order valence-electron chi connectivity index (χ2n) is 4.49. The van der Waals surface area contributed by atoms with Crippen LogP contribution < -0.4 is 9.47 Å². The van der Waals surface area contributed by atoms with Crippen LogP contribution in [0.15, 0.2) is 47.2 Å². The molecule has 6 nitrogen and oxygen atoms in total. The van der Waals surface area contributed by atoms with Crippen molar-refractivity contribution in [2.24, 2.45) is 5.16 Å². The number of carbonyl (C=O) groups is 2. The highest BCUT2D eigenvalue weighted by Crippen LogP contribution is 2.27. The molecule has 0 radical (unpaired) electrons. The molecule has 0 unspecified atom stereocenters. The SMILES string of the molecule is COc1ccc(C(=O)O/N=C2/C=CC(=O)C(C)=C2)cc1OC. The normalized spacial score (nSPS) is 15.5. The first-order valence-electron chi connectivity index (χ1n) is 6.47. The number of ketones is 1. The van der Waals surface area contributed by atoms with E-state index < -0.39 is 5.97 Å². The molecule has 0 fully saturated rings. The van der Waals surface area contributed by atoms with Gasteiger partial charge in [0.05, 0.1) is 19.8 Å². The number of oxime groups is 1. The van der Waals surface area contributed by atoms with Crippen molar-refractivity contribution in [3.63, 3.8) is 0 Å². The summed E-state index contributed by atoms with van der Waals surface area (Å²) in [6.07, 6.45) is 4.40. The summed E-state index contributed by atoms with van der Waals surface area (Å²) in [5.74, 6) is 0.205. The lowest BCUT2D eigenvalue weighted by Gasteiger charge is -2.08. The molecule has 114 valence electrons. The van der Waals surface area contributed by atoms with Crippen molar-refractivity contribution in [2.45, 2.75) is 6.92 Å². The number of ether oxygens (including phenoxy) is 2. The minimum Gasteiger partial charge on any atom is -0.493 e. The van der Waals surface area contributed by atoms with Crippen molar-refractivity contribution in [3.05, 3.63) is 47.6 Å². The molecule has 0 saturated carbocycles. The predicted octanol–water partition coefficient (Wildman–Crippen LogP) is 2.30. The van der Waals surface area contributed by atoms with Gasteiger partial charge in [0.2, 0.25) is 0 Å². The molecule has 2 rings (SSSR count). The Morgan fingerprint density at radius 3 is 2.45 bits per heavy atom. The van der Waals surface area contributed by atoms with Gasteiger partial charge in [0.15, 0.2) is 17.3 Å². The van der Waals surface area contributed by atoms with Crippen molar-refractivity contribution in [1.82, 2.24) is 0 Å². The molecule has 0 saturated heterocycles. The topological polar surface area (TPSA) is 74.2 Å². The van der Waals surface area contributed by atoms with Crippen LogP contribution in [-0.2, 0) is 9.63 Å². The Labute approximate surface area is 127 Å². The molecule has 22 heavy (non-hydrogen) atoms. The second kappa shape index (κ2) is 6.71. The van der Waals surface area contributed by atoms with E-state index in [0.717, 1.165) is 0 Å². The second-order valence-corrected chi connectivity index (χ2v) is 4.49. The molecular weight excluding hydrogens is 286 g/mol. The highest BCUT2D eigenvalue weighted by Gasteiger charge is 2.13. The quantitative estimate of drug-likeness (QED) is 0.484. The summed E-state index contributed by atoms with van der Waals surface area (Å²) in [6, 6.07) is 4.65. The third kappa shape index (κ3) is 3.41. The molecule has 0 bridgehead atoms. The van der Waals surface area contributed by atoms with E-state index in [1.165, 1.54) is 32.4 Å². The van der Waals surface area contributed by atoms with Crippen LogP contribution in [0.1, 0.15) is 17.3 Å². The Kier molecular flexibility index (Phi) is 4.73. The number of methoxy groups -OCH3 is 2. The molecule has 0 atom stereocenters. The molecular formula is C16H15NO5. The first kappa shape index (κ1) is 15.5. The van der Waals surface area contributed by atoms with Crippen LogP contribution in [0.3, 0.4) is 0 Å². The van der Waals surface area contributed by atoms with Gasteiger partial charge in [0, 0.05) is 0 Å². The summed E-state index contributed by atoms with van der Waals surface area (Å²) in [6.45, 7) is 1.66. The fourth-order valence-corrected chi connectivity index (χ4v) is 1.80. The van der Waals surface area contributed by atoms with Gasteiger partial charge in [0.1, 0.15) is 5.71 Å². The summed E-state index contributed by atoms with van der Waals surface area (Å²) in [5.41, 5.74) is 1.20. The molecule has 1 aliphatic carbocycles. The lowest BCUT2D eigenvalue weighted by molar-refractivity contribution is -0.111. The average Bonchev–Trinajstić information content (AvgIpc) is 2.54. The van der Waals surface area contributed by atoms with Crippen molar-refractivity contribution < 1.29 is 23.9 Å². The fourth-order valence-electron chi connectivity index (χ4n) is 1.80. The van der Waals surface area contributed by atoms with Gasteiger partial charge < -0.3 is 14.3 Å². The molecule has 1 aromatic rings. The predicted molar refractivity (Wildman–Crippen MR) is 80.3 cm³/mol. The van der Waals surface area contributed by atoms with Crippen molar-refractivity contribution >= 4 is 17.5 Å². The summed E-state index contributed by atoms with van der Waals surface area (Å²) in [5, 5.41) is 3.72. The molecule has 0 N–H and O–H groups in total. The van der Waals surface area contributed by atoms with E-state index in [4.69, 9.17) is 14.3 Å². The lowest BCUT2D eigenvalue weighted by Crippen LogP contribution is -2.08. The number of nitrogens with zero attached hydrogens (tertiary/aromatic N) is 1. The number of benzene rings is 1. The Morgan fingerprint density at radius 2 is 1.82 bits per heavy atom.